The molecular weight excluding hydrogens is 803 g/mol. The van der Waals surface area contributed by atoms with Crippen molar-refractivity contribution >= 4 is 51.5 Å². The highest BCUT2D eigenvalue weighted by Gasteiger charge is 2.35. The van der Waals surface area contributed by atoms with Gasteiger partial charge in [0.05, 0.1) is 18.2 Å². The number of carbonyl (C=O) groups is 7. The van der Waals surface area contributed by atoms with Crippen LogP contribution < -0.4 is 60.2 Å². The number of carboxylic acids is 1. The Labute approximate surface area is 341 Å². The third-order valence-corrected chi connectivity index (χ3v) is 9.11. The van der Waals surface area contributed by atoms with Crippen LogP contribution in [0.1, 0.15) is 45.1 Å². The lowest BCUT2D eigenvalue weighted by Gasteiger charge is -2.28. The highest BCUT2D eigenvalue weighted by Crippen LogP contribution is 2.08. The van der Waals surface area contributed by atoms with E-state index in [-0.39, 0.29) is 58.3 Å². The number of amides is 6. The Morgan fingerprint density at radius 2 is 1.03 bits per heavy atom. The minimum absolute atomic E-state index is 0.0438. The van der Waals surface area contributed by atoms with Crippen LogP contribution in [0.15, 0.2) is 30.3 Å². The Balaban J connectivity index is 3.35. The summed E-state index contributed by atoms with van der Waals surface area (Å²) in [6.45, 7) is 1.80. The molecule has 0 saturated heterocycles. The van der Waals surface area contributed by atoms with Crippen LogP contribution in [0.25, 0.3) is 0 Å². The molecule has 0 saturated carbocycles. The molecule has 0 bridgehead atoms. The SMILES string of the molecule is C[C@@H](O)[C@H](NC(=O)[C@H](CCN)NC(=O)[C@H](CCN)NC(=O)[C@@H](NC(=O)[C@@H](Cc1ccccc1)NC(=O)[C@H](CCNCS(=O)(=O)O)NC(=O)[C@@H](N)CCN)[C@@H](C)O)C(=O)O. The number of nitrogens with one attached hydrogen (secondary N) is 7. The van der Waals surface area contributed by atoms with Crippen LogP contribution in [0.4, 0.5) is 0 Å². The van der Waals surface area contributed by atoms with E-state index in [0.29, 0.717) is 5.56 Å². The van der Waals surface area contributed by atoms with Crippen molar-refractivity contribution in [1.29, 1.82) is 0 Å². The molecule has 19 N–H and O–H groups in total. The second-order valence-electron chi connectivity index (χ2n) is 13.6. The number of nitrogens with two attached hydrogens (primary N) is 4. The molecule has 0 aliphatic carbocycles. The molecule has 1 rings (SSSR count). The quantitative estimate of drug-likeness (QED) is 0.0275. The second-order valence-corrected chi connectivity index (χ2v) is 15.0. The van der Waals surface area contributed by atoms with E-state index >= 15 is 0 Å². The minimum Gasteiger partial charge on any atom is -0.480 e. The van der Waals surface area contributed by atoms with Crippen LogP contribution in [0.3, 0.4) is 0 Å². The molecule has 25 heteroatoms. The van der Waals surface area contributed by atoms with Gasteiger partial charge < -0.3 is 75.5 Å². The summed E-state index contributed by atoms with van der Waals surface area (Å²) in [5.41, 5.74) is 23.1. The summed E-state index contributed by atoms with van der Waals surface area (Å²) in [6, 6.07) is -2.09. The molecule has 1 aromatic rings. The predicted molar refractivity (Wildman–Crippen MR) is 211 cm³/mol. The van der Waals surface area contributed by atoms with Crippen molar-refractivity contribution in [2.45, 2.75) is 100 Å². The maximum atomic E-state index is 13.9. The van der Waals surface area contributed by atoms with Gasteiger partial charge in [-0.15, -0.1) is 0 Å². The highest BCUT2D eigenvalue weighted by atomic mass is 32.2. The average Bonchev–Trinajstić information content (AvgIpc) is 3.15. The standard InChI is InChI=1S/C34H59N11O13S/c1-18(46)26(33(53)42-22(9-13-36)29(49)41-23(10-14-37)31(51)45-27(19(2)47)34(54)55)44-32(52)25(16-20-6-4-3-5-7-20)43-30(50)24(11-15-39-17-59(56,57)58)40-28(48)21(38)8-12-35/h3-7,18-19,21-27,39,46-47H,8-17,35-38H2,1-2H3,(H,40,48)(H,41,49)(H,42,53)(H,43,50)(H,44,52)(H,45,51)(H,54,55)(H,56,57,58)/t18-,19-,21+,22+,23+,24+,25-,26+,27+/m1/s1. The monoisotopic (exact) mass is 861 g/mol. The predicted octanol–water partition coefficient (Wildman–Crippen LogP) is -6.82. The van der Waals surface area contributed by atoms with Crippen LogP contribution in [-0.2, 0) is 50.1 Å². The molecule has 9 atom stereocenters. The van der Waals surface area contributed by atoms with Crippen molar-refractivity contribution in [3.8, 4) is 0 Å². The zero-order chi connectivity index (χ0) is 44.9. The van der Waals surface area contributed by atoms with Gasteiger partial charge in [-0.05, 0) is 71.3 Å². The number of aliphatic hydroxyl groups is 2. The van der Waals surface area contributed by atoms with E-state index in [1.54, 1.807) is 30.3 Å². The van der Waals surface area contributed by atoms with Gasteiger partial charge in [-0.3, -0.25) is 33.3 Å². The summed E-state index contributed by atoms with van der Waals surface area (Å²) in [7, 11) is -4.43. The fourth-order valence-electron chi connectivity index (χ4n) is 5.34. The molecule has 1 aromatic carbocycles. The third kappa shape index (κ3) is 19.6. The molecule has 0 fully saturated rings. The normalized spacial score (nSPS) is 16.0. The molecule has 0 aromatic heterocycles. The van der Waals surface area contributed by atoms with Gasteiger partial charge in [0.2, 0.25) is 35.4 Å². The largest absolute Gasteiger partial charge is 0.480 e. The van der Waals surface area contributed by atoms with Gasteiger partial charge in [0.15, 0.2) is 6.04 Å². The first-order chi connectivity index (χ1) is 27.6. The summed E-state index contributed by atoms with van der Waals surface area (Å²) in [4.78, 5) is 91.7. The lowest BCUT2D eigenvalue weighted by Crippen LogP contribution is -2.62. The van der Waals surface area contributed by atoms with Crippen LogP contribution in [0.2, 0.25) is 0 Å². The smallest absolute Gasteiger partial charge is 0.328 e. The van der Waals surface area contributed by atoms with Gasteiger partial charge in [0.1, 0.15) is 36.1 Å². The van der Waals surface area contributed by atoms with Crippen LogP contribution in [-0.4, -0.2) is 156 Å². The molecule has 334 valence electrons. The van der Waals surface area contributed by atoms with Crippen LogP contribution in [0.5, 0.6) is 0 Å². The fourth-order valence-corrected chi connectivity index (χ4v) is 5.75. The topological polar surface area (TPSA) is 423 Å². The molecule has 0 radical (unpaired) electrons. The van der Waals surface area contributed by atoms with E-state index in [4.69, 9.17) is 27.5 Å². The summed E-state index contributed by atoms with van der Waals surface area (Å²) in [6.07, 6.45) is -3.88. The first kappa shape index (κ1) is 52.2. The molecule has 0 spiro atoms. The van der Waals surface area contributed by atoms with Gasteiger partial charge in [-0.2, -0.15) is 8.42 Å². The van der Waals surface area contributed by atoms with E-state index in [1.165, 1.54) is 0 Å². The van der Waals surface area contributed by atoms with Crippen molar-refractivity contribution in [1.82, 2.24) is 37.2 Å². The van der Waals surface area contributed by atoms with E-state index in [2.05, 4.69) is 37.2 Å². The third-order valence-electron chi connectivity index (χ3n) is 8.54. The van der Waals surface area contributed by atoms with Crippen LogP contribution >= 0.6 is 0 Å². The van der Waals surface area contributed by atoms with Crippen molar-refractivity contribution < 1.29 is 61.9 Å². The Bertz CT molecular complexity index is 1650. The van der Waals surface area contributed by atoms with Gasteiger partial charge in [0.25, 0.3) is 10.1 Å². The summed E-state index contributed by atoms with van der Waals surface area (Å²) in [5, 5.41) is 46.3. The van der Waals surface area contributed by atoms with Gasteiger partial charge >= 0.3 is 5.97 Å². The molecule has 59 heavy (non-hydrogen) atoms. The lowest BCUT2D eigenvalue weighted by molar-refractivity contribution is -0.145. The Morgan fingerprint density at radius 3 is 1.51 bits per heavy atom. The number of carboxylic acid groups (broad SMARTS) is 1. The van der Waals surface area contributed by atoms with Crippen LogP contribution in [0, 0.1) is 0 Å². The molecule has 0 heterocycles. The first-order valence-corrected chi connectivity index (χ1v) is 20.2. The number of carbonyl (C=O) groups excluding carboxylic acids is 6. The van der Waals surface area contributed by atoms with Gasteiger partial charge in [-0.1, -0.05) is 30.3 Å². The van der Waals surface area contributed by atoms with Crippen molar-refractivity contribution in [2.75, 3.05) is 32.1 Å². The van der Waals surface area contributed by atoms with E-state index < -0.39 is 112 Å². The second kappa shape index (κ2) is 26.3. The van der Waals surface area contributed by atoms with E-state index in [9.17, 15) is 57.3 Å². The number of hydrogen-bond acceptors (Lipinski definition) is 16. The van der Waals surface area contributed by atoms with Crippen molar-refractivity contribution in [3.05, 3.63) is 35.9 Å². The molecule has 0 aliphatic heterocycles. The number of rotatable bonds is 28. The Kier molecular flexibility index (Phi) is 23.2. The molecule has 24 nitrogen and oxygen atoms in total. The Hall–Kier alpha value is -4.86. The number of aliphatic hydroxyl groups excluding tert-OH is 2. The van der Waals surface area contributed by atoms with Gasteiger partial charge in [0, 0.05) is 6.42 Å². The molecule has 0 aliphatic rings. The Morgan fingerprint density at radius 1 is 0.610 bits per heavy atom. The average molecular weight is 862 g/mol. The number of benzene rings is 1. The van der Waals surface area contributed by atoms with E-state index in [1.807, 2.05) is 0 Å². The number of aliphatic carboxylic acids is 1. The van der Waals surface area contributed by atoms with E-state index in [0.717, 1.165) is 13.8 Å². The molecule has 6 amide bonds. The molecular formula is C34H59N11O13S. The maximum Gasteiger partial charge on any atom is 0.328 e. The molecule has 0 unspecified atom stereocenters. The van der Waals surface area contributed by atoms with Gasteiger partial charge in [-0.25, -0.2) is 4.79 Å². The highest BCUT2D eigenvalue weighted by molar-refractivity contribution is 7.85. The minimum atomic E-state index is -4.43. The zero-order valence-corrected chi connectivity index (χ0v) is 33.7. The lowest BCUT2D eigenvalue weighted by atomic mass is 10.0. The number of hydrogen-bond donors (Lipinski definition) is 15. The van der Waals surface area contributed by atoms with Crippen molar-refractivity contribution in [2.24, 2.45) is 22.9 Å². The summed E-state index contributed by atoms with van der Waals surface area (Å²) in [5.74, 6) is -8.16. The maximum absolute atomic E-state index is 13.9. The zero-order valence-electron chi connectivity index (χ0n) is 32.8. The summed E-state index contributed by atoms with van der Waals surface area (Å²) >= 11 is 0. The first-order valence-electron chi connectivity index (χ1n) is 18.6. The summed E-state index contributed by atoms with van der Waals surface area (Å²) < 4.78 is 31.4. The van der Waals surface area contributed by atoms with Crippen molar-refractivity contribution in [3.63, 3.8) is 0 Å². The fraction of sp³-hybridized carbons (Fsp3) is 0.618.